The van der Waals surface area contributed by atoms with Crippen molar-refractivity contribution in [1.29, 1.82) is 0 Å². The van der Waals surface area contributed by atoms with Crippen molar-refractivity contribution >= 4 is 51.4 Å². The molecule has 1 aliphatic rings. The molecular weight excluding hydrogens is 362 g/mol. The maximum absolute atomic E-state index is 12.4. The first-order chi connectivity index (χ1) is 11.5. The quantitative estimate of drug-likeness (QED) is 0.374. The molecule has 1 aromatic rings. The summed E-state index contributed by atoms with van der Waals surface area (Å²) in [7, 11) is 4.27. The molecule has 0 amide bonds. The van der Waals surface area contributed by atoms with Crippen LogP contribution in [0.4, 0.5) is 5.00 Å². The fraction of sp³-hybridized carbons (Fsp3) is 0.625. The summed E-state index contributed by atoms with van der Waals surface area (Å²) in [6, 6.07) is 0. The number of rotatable bonds is 7. The number of ether oxygens (including phenoxy) is 1. The van der Waals surface area contributed by atoms with Gasteiger partial charge in [-0.1, -0.05) is 0 Å². The number of quaternary nitrogens is 1. The van der Waals surface area contributed by atoms with Gasteiger partial charge in [-0.2, -0.15) is 11.8 Å². The van der Waals surface area contributed by atoms with Crippen LogP contribution in [0.5, 0.6) is 0 Å². The third-order valence-corrected chi connectivity index (χ3v) is 6.23. The Labute approximate surface area is 157 Å². The van der Waals surface area contributed by atoms with Gasteiger partial charge in [-0.05, 0) is 36.9 Å². The van der Waals surface area contributed by atoms with Crippen LogP contribution in [-0.2, 0) is 16.9 Å². The SMILES string of the molecule is CCOC(=O)c1c(NC(=S)NCCC[NH+](C)C)sc2c1CCSC2. The summed E-state index contributed by atoms with van der Waals surface area (Å²) in [5, 5.41) is 7.82. The second-order valence-corrected chi connectivity index (χ2v) is 8.54. The van der Waals surface area contributed by atoms with Crippen molar-refractivity contribution in [1.82, 2.24) is 5.32 Å². The van der Waals surface area contributed by atoms with Gasteiger partial charge in [0.2, 0.25) is 0 Å². The summed E-state index contributed by atoms with van der Waals surface area (Å²) in [4.78, 5) is 15.1. The van der Waals surface area contributed by atoms with E-state index < -0.39 is 0 Å². The zero-order chi connectivity index (χ0) is 17.5. The van der Waals surface area contributed by atoms with E-state index in [4.69, 9.17) is 17.0 Å². The third-order valence-electron chi connectivity index (χ3n) is 3.67. The molecule has 0 aromatic carbocycles. The summed E-state index contributed by atoms with van der Waals surface area (Å²) in [5.41, 5.74) is 1.82. The molecule has 1 aromatic heterocycles. The Kier molecular flexibility index (Phi) is 7.80. The van der Waals surface area contributed by atoms with Gasteiger partial charge < -0.3 is 20.3 Å². The first kappa shape index (κ1) is 19.5. The molecule has 0 saturated carbocycles. The topological polar surface area (TPSA) is 54.8 Å². The molecule has 0 aliphatic carbocycles. The number of nitrogens with one attached hydrogen (secondary N) is 3. The minimum atomic E-state index is -0.247. The Morgan fingerprint density at radius 1 is 1.42 bits per heavy atom. The molecular formula is C16H26N3O2S3+. The Balaban J connectivity index is 2.04. The lowest BCUT2D eigenvalue weighted by atomic mass is 10.1. The number of fused-ring (bicyclic) bond motifs is 1. The lowest BCUT2D eigenvalue weighted by Crippen LogP contribution is -3.05. The van der Waals surface area contributed by atoms with Gasteiger partial charge in [0.25, 0.3) is 0 Å². The Bertz CT molecular complexity index is 587. The largest absolute Gasteiger partial charge is 0.462 e. The second-order valence-electron chi connectivity index (χ2n) is 5.92. The van der Waals surface area contributed by atoms with E-state index >= 15 is 0 Å². The van der Waals surface area contributed by atoms with Gasteiger partial charge in [-0.25, -0.2) is 4.79 Å². The number of esters is 1. The highest BCUT2D eigenvalue weighted by Crippen LogP contribution is 2.39. The third kappa shape index (κ3) is 5.34. The molecule has 134 valence electrons. The average molecular weight is 389 g/mol. The highest BCUT2D eigenvalue weighted by atomic mass is 32.2. The van der Waals surface area contributed by atoms with Crippen LogP contribution in [0.2, 0.25) is 0 Å². The van der Waals surface area contributed by atoms with Gasteiger partial charge in [-0.3, -0.25) is 0 Å². The minimum Gasteiger partial charge on any atom is -0.462 e. The van der Waals surface area contributed by atoms with E-state index in [2.05, 4.69) is 24.7 Å². The number of anilines is 1. The highest BCUT2D eigenvalue weighted by molar-refractivity contribution is 7.98. The fourth-order valence-corrected chi connectivity index (χ4v) is 5.17. The predicted octanol–water partition coefficient (Wildman–Crippen LogP) is 1.54. The molecule has 8 heteroatoms. The summed E-state index contributed by atoms with van der Waals surface area (Å²) in [6.07, 6.45) is 1.96. The van der Waals surface area contributed by atoms with Gasteiger partial charge >= 0.3 is 5.97 Å². The van der Waals surface area contributed by atoms with Gasteiger partial charge in [0.1, 0.15) is 5.00 Å². The van der Waals surface area contributed by atoms with E-state index in [1.807, 2.05) is 18.7 Å². The first-order valence-electron chi connectivity index (χ1n) is 8.26. The summed E-state index contributed by atoms with van der Waals surface area (Å²) < 4.78 is 5.25. The van der Waals surface area contributed by atoms with Crippen LogP contribution in [0.25, 0.3) is 0 Å². The standard InChI is InChI=1S/C16H25N3O2S3/c1-4-21-15(20)13-11-6-9-23-10-12(11)24-14(13)18-16(22)17-7-5-8-19(2)3/h4-10H2,1-3H3,(H2,17,18,22)/p+1. The van der Waals surface area contributed by atoms with Crippen LogP contribution in [0, 0.1) is 0 Å². The lowest BCUT2D eigenvalue weighted by molar-refractivity contribution is -0.858. The molecule has 1 aliphatic heterocycles. The van der Waals surface area contributed by atoms with Crippen LogP contribution < -0.4 is 15.5 Å². The van der Waals surface area contributed by atoms with Gasteiger partial charge in [-0.15, -0.1) is 11.3 Å². The number of thiophene rings is 1. The van der Waals surface area contributed by atoms with Gasteiger partial charge in [0.05, 0.1) is 32.8 Å². The van der Waals surface area contributed by atoms with Gasteiger partial charge in [0.15, 0.2) is 5.11 Å². The maximum atomic E-state index is 12.4. The molecule has 0 radical (unpaired) electrons. The smallest absolute Gasteiger partial charge is 0.341 e. The van der Waals surface area contributed by atoms with Crippen LogP contribution >= 0.6 is 35.3 Å². The lowest BCUT2D eigenvalue weighted by Gasteiger charge is -2.13. The van der Waals surface area contributed by atoms with E-state index in [9.17, 15) is 4.79 Å². The fourth-order valence-electron chi connectivity index (χ4n) is 2.53. The number of hydrogen-bond acceptors (Lipinski definition) is 5. The van der Waals surface area contributed by atoms with Crippen LogP contribution in [0.1, 0.15) is 34.1 Å². The molecule has 0 atom stereocenters. The molecule has 0 saturated heterocycles. The van der Waals surface area contributed by atoms with E-state index in [-0.39, 0.29) is 5.97 Å². The molecule has 2 heterocycles. The first-order valence-corrected chi connectivity index (χ1v) is 10.6. The van der Waals surface area contributed by atoms with Crippen molar-refractivity contribution in [3.63, 3.8) is 0 Å². The average Bonchev–Trinajstić information content (AvgIpc) is 2.89. The maximum Gasteiger partial charge on any atom is 0.341 e. The Hall–Kier alpha value is -0.830. The van der Waals surface area contributed by atoms with E-state index in [1.54, 1.807) is 11.3 Å². The number of thioether (sulfide) groups is 1. The predicted molar refractivity (Wildman–Crippen MR) is 107 cm³/mol. The molecule has 0 bridgehead atoms. The molecule has 0 spiro atoms. The summed E-state index contributed by atoms with van der Waals surface area (Å²) in [5.74, 6) is 1.76. The molecule has 3 N–H and O–H groups in total. The molecule has 0 unspecified atom stereocenters. The zero-order valence-corrected chi connectivity index (χ0v) is 16.9. The minimum absolute atomic E-state index is 0.247. The van der Waals surface area contributed by atoms with E-state index in [0.29, 0.717) is 17.3 Å². The van der Waals surface area contributed by atoms with Crippen molar-refractivity contribution in [3.8, 4) is 0 Å². The zero-order valence-electron chi connectivity index (χ0n) is 14.5. The molecule has 0 fully saturated rings. The van der Waals surface area contributed by atoms with Crippen molar-refractivity contribution in [3.05, 3.63) is 16.0 Å². The van der Waals surface area contributed by atoms with Crippen LogP contribution in [0.15, 0.2) is 0 Å². The van der Waals surface area contributed by atoms with Crippen LogP contribution in [0.3, 0.4) is 0 Å². The molecule has 5 nitrogen and oxygen atoms in total. The Morgan fingerprint density at radius 2 is 2.21 bits per heavy atom. The monoisotopic (exact) mass is 388 g/mol. The number of carbonyl (C=O) groups is 1. The van der Waals surface area contributed by atoms with Crippen molar-refractivity contribution < 1.29 is 14.4 Å². The second kappa shape index (κ2) is 9.60. The normalized spacial score (nSPS) is 13.5. The number of carbonyl (C=O) groups excluding carboxylic acids is 1. The van der Waals surface area contributed by atoms with Crippen molar-refractivity contribution in [2.75, 3.05) is 44.9 Å². The van der Waals surface area contributed by atoms with E-state index in [1.165, 1.54) is 9.78 Å². The number of hydrogen-bond donors (Lipinski definition) is 3. The summed E-state index contributed by atoms with van der Waals surface area (Å²) in [6.45, 7) is 4.13. The molecule has 2 rings (SSSR count). The van der Waals surface area contributed by atoms with Gasteiger partial charge in [0, 0.05) is 23.6 Å². The van der Waals surface area contributed by atoms with E-state index in [0.717, 1.165) is 48.0 Å². The number of thiocarbonyl (C=S) groups is 1. The Morgan fingerprint density at radius 3 is 2.92 bits per heavy atom. The van der Waals surface area contributed by atoms with Crippen molar-refractivity contribution in [2.45, 2.75) is 25.5 Å². The van der Waals surface area contributed by atoms with Crippen LogP contribution in [-0.4, -0.2) is 50.6 Å². The molecule has 24 heavy (non-hydrogen) atoms. The summed E-state index contributed by atoms with van der Waals surface area (Å²) >= 11 is 8.91. The highest BCUT2D eigenvalue weighted by Gasteiger charge is 2.26. The van der Waals surface area contributed by atoms with Crippen molar-refractivity contribution in [2.24, 2.45) is 0 Å².